The second-order valence-electron chi connectivity index (χ2n) is 8.20. The van der Waals surface area contributed by atoms with Gasteiger partial charge in [0.05, 0.1) is 18.2 Å². The molecular formula is C24H21F3NO7PS. The molecule has 0 aliphatic rings. The Morgan fingerprint density at radius 3 is 2.32 bits per heavy atom. The van der Waals surface area contributed by atoms with Crippen molar-refractivity contribution in [3.05, 3.63) is 82.0 Å². The summed E-state index contributed by atoms with van der Waals surface area (Å²) in [4.78, 5) is 30.9. The first-order chi connectivity index (χ1) is 17.4. The molecule has 196 valence electrons. The number of hydrogen-bond donors (Lipinski definition) is 4. The number of hydroxylamine groups is 1. The maximum absolute atomic E-state index is 13.3. The lowest BCUT2D eigenvalue weighted by atomic mass is 10.0. The smallest absolute Gasteiger partial charge is 0.457 e. The second-order valence-corrected chi connectivity index (χ2v) is 10.5. The van der Waals surface area contributed by atoms with Crippen molar-refractivity contribution in [2.45, 2.75) is 25.1 Å². The van der Waals surface area contributed by atoms with Gasteiger partial charge in [-0.2, -0.15) is 13.2 Å². The van der Waals surface area contributed by atoms with Crippen LogP contribution >= 0.6 is 19.2 Å². The largest absolute Gasteiger partial charge is 0.469 e. The fraction of sp³-hybridized carbons (Fsp3) is 0.208. The van der Waals surface area contributed by atoms with E-state index in [0.717, 1.165) is 22.4 Å². The molecule has 4 aromatic rings. The molecule has 0 fully saturated rings. The molecule has 0 saturated carbocycles. The van der Waals surface area contributed by atoms with Gasteiger partial charge in [0.1, 0.15) is 11.5 Å². The summed E-state index contributed by atoms with van der Waals surface area (Å²) in [5.74, 6) is 0.205. The molecule has 0 amide bonds. The van der Waals surface area contributed by atoms with Crippen molar-refractivity contribution >= 4 is 39.3 Å². The van der Waals surface area contributed by atoms with Gasteiger partial charge in [-0.3, -0.25) is 9.32 Å². The molecule has 0 bridgehead atoms. The number of ether oxygens (including phenoxy) is 1. The Kier molecular flexibility index (Phi) is 8.00. The lowest BCUT2D eigenvalue weighted by Crippen LogP contribution is -2.31. The van der Waals surface area contributed by atoms with Crippen LogP contribution in [-0.2, 0) is 21.7 Å². The number of fused-ring (bicyclic) bond motifs is 2. The highest BCUT2D eigenvalue weighted by Crippen LogP contribution is 2.36. The molecule has 3 aromatic carbocycles. The third kappa shape index (κ3) is 6.93. The van der Waals surface area contributed by atoms with Crippen molar-refractivity contribution in [3.8, 4) is 11.5 Å². The van der Waals surface area contributed by atoms with Crippen LogP contribution in [0.2, 0.25) is 0 Å². The predicted molar refractivity (Wildman–Crippen MR) is 132 cm³/mol. The standard InChI is InChI=1S/C24H21F3NO7PS/c25-24(26,27)15-2-1-3-17(11-15)35-18-7-9-22-20(12-18)23(29)19-10-14(5-8-21(19)37-22)4-6-16(28-30)13-34-36(31,32)33/h1-3,5,7-12,16,28,30H,4,6,13H2,(H2,31,32,33). The Hall–Kier alpha value is -2.83. The van der Waals surface area contributed by atoms with Crippen molar-refractivity contribution in [2.24, 2.45) is 0 Å². The van der Waals surface area contributed by atoms with Crippen LogP contribution in [-0.4, -0.2) is 27.6 Å². The number of phosphoric acid groups is 1. The van der Waals surface area contributed by atoms with Gasteiger partial charge < -0.3 is 19.7 Å². The molecule has 1 heterocycles. The van der Waals surface area contributed by atoms with Crippen LogP contribution in [0.1, 0.15) is 17.5 Å². The Labute approximate surface area is 212 Å². The number of phosphoric ester groups is 1. The second kappa shape index (κ2) is 10.9. The Morgan fingerprint density at radius 1 is 0.973 bits per heavy atom. The minimum Gasteiger partial charge on any atom is -0.457 e. The minimum atomic E-state index is -4.68. The summed E-state index contributed by atoms with van der Waals surface area (Å²) in [6.45, 7) is -0.414. The average molecular weight is 555 g/mol. The normalized spacial score (nSPS) is 13.2. The highest BCUT2D eigenvalue weighted by Gasteiger charge is 2.30. The van der Waals surface area contributed by atoms with E-state index in [0.29, 0.717) is 21.9 Å². The summed E-state index contributed by atoms with van der Waals surface area (Å²) in [5, 5.41) is 10.0. The summed E-state index contributed by atoms with van der Waals surface area (Å²) in [6.07, 6.45) is -3.87. The molecule has 0 spiro atoms. The van der Waals surface area contributed by atoms with E-state index >= 15 is 0 Å². The SMILES string of the molecule is O=c1c2cc(CCC(COP(=O)(O)O)NO)ccc2sc2ccc(Oc3cccc(C(F)(F)F)c3)cc12. The predicted octanol–water partition coefficient (Wildman–Crippen LogP) is 5.62. The van der Waals surface area contributed by atoms with Gasteiger partial charge >= 0.3 is 14.0 Å². The summed E-state index contributed by atoms with van der Waals surface area (Å²) >= 11 is 1.37. The molecule has 4 rings (SSSR count). The summed E-state index contributed by atoms with van der Waals surface area (Å²) in [6, 6.07) is 13.8. The van der Waals surface area contributed by atoms with Crippen molar-refractivity contribution in [1.82, 2.24) is 5.48 Å². The summed E-state index contributed by atoms with van der Waals surface area (Å²) < 4.78 is 61.3. The number of aryl methyl sites for hydroxylation is 1. The van der Waals surface area contributed by atoms with Gasteiger partial charge in [-0.05, 0) is 66.9 Å². The van der Waals surface area contributed by atoms with Gasteiger partial charge in [-0.25, -0.2) is 10.0 Å². The highest BCUT2D eigenvalue weighted by atomic mass is 32.1. The molecule has 1 unspecified atom stereocenters. The van der Waals surface area contributed by atoms with Crippen LogP contribution in [0.15, 0.2) is 65.5 Å². The Morgan fingerprint density at radius 2 is 1.65 bits per heavy atom. The Bertz CT molecular complexity index is 1540. The first-order valence-corrected chi connectivity index (χ1v) is 13.2. The topological polar surface area (TPSA) is 125 Å². The molecule has 1 atom stereocenters. The van der Waals surface area contributed by atoms with Gasteiger partial charge in [0.15, 0.2) is 5.43 Å². The summed E-state index contributed by atoms with van der Waals surface area (Å²) in [5.41, 5.74) is 1.58. The third-order valence-electron chi connectivity index (χ3n) is 5.51. The zero-order chi connectivity index (χ0) is 26.8. The van der Waals surface area contributed by atoms with Crippen LogP contribution in [0.5, 0.6) is 11.5 Å². The number of halogens is 3. The van der Waals surface area contributed by atoms with Crippen molar-refractivity contribution in [2.75, 3.05) is 6.61 Å². The van der Waals surface area contributed by atoms with Crippen molar-refractivity contribution in [3.63, 3.8) is 0 Å². The average Bonchev–Trinajstić information content (AvgIpc) is 2.84. The monoisotopic (exact) mass is 555 g/mol. The molecule has 13 heteroatoms. The quantitative estimate of drug-likeness (QED) is 0.119. The number of hydrogen-bond acceptors (Lipinski definition) is 7. The van der Waals surface area contributed by atoms with Crippen LogP contribution < -0.4 is 15.6 Å². The van der Waals surface area contributed by atoms with E-state index in [9.17, 15) is 27.7 Å². The molecular weight excluding hydrogens is 534 g/mol. The van der Waals surface area contributed by atoms with E-state index in [1.54, 1.807) is 24.3 Å². The van der Waals surface area contributed by atoms with Crippen LogP contribution in [0, 0.1) is 0 Å². The van der Waals surface area contributed by atoms with Crippen molar-refractivity contribution in [1.29, 1.82) is 0 Å². The summed E-state index contributed by atoms with van der Waals surface area (Å²) in [7, 11) is -4.68. The fourth-order valence-electron chi connectivity index (χ4n) is 3.69. The molecule has 0 aliphatic carbocycles. The van der Waals surface area contributed by atoms with Gasteiger partial charge in [0.25, 0.3) is 0 Å². The van der Waals surface area contributed by atoms with Gasteiger partial charge in [0, 0.05) is 20.2 Å². The van der Waals surface area contributed by atoms with E-state index < -0.39 is 32.2 Å². The Balaban J connectivity index is 1.58. The lowest BCUT2D eigenvalue weighted by Gasteiger charge is -2.15. The highest BCUT2D eigenvalue weighted by molar-refractivity contribution is 7.46. The maximum atomic E-state index is 13.3. The first kappa shape index (κ1) is 27.2. The van der Waals surface area contributed by atoms with Crippen molar-refractivity contribution < 1.29 is 42.0 Å². The zero-order valence-corrected chi connectivity index (χ0v) is 20.6. The van der Waals surface area contributed by atoms with E-state index in [1.165, 1.54) is 29.5 Å². The molecule has 8 nitrogen and oxygen atoms in total. The zero-order valence-electron chi connectivity index (χ0n) is 18.9. The third-order valence-corrected chi connectivity index (χ3v) is 7.15. The fourth-order valence-corrected chi connectivity index (χ4v) is 5.09. The molecule has 0 radical (unpaired) electrons. The van der Waals surface area contributed by atoms with Crippen LogP contribution in [0.3, 0.4) is 0 Å². The minimum absolute atomic E-state index is 0.0110. The number of rotatable bonds is 9. The van der Waals surface area contributed by atoms with Gasteiger partial charge in [-0.15, -0.1) is 11.3 Å². The van der Waals surface area contributed by atoms with E-state index in [-0.39, 0.29) is 23.3 Å². The molecule has 1 aromatic heterocycles. The van der Waals surface area contributed by atoms with Gasteiger partial charge in [0.2, 0.25) is 0 Å². The molecule has 0 saturated heterocycles. The first-order valence-electron chi connectivity index (χ1n) is 10.9. The molecule has 37 heavy (non-hydrogen) atoms. The number of nitrogens with one attached hydrogen (secondary N) is 1. The van der Waals surface area contributed by atoms with E-state index in [4.69, 9.17) is 14.5 Å². The van der Waals surface area contributed by atoms with Crippen LogP contribution in [0.4, 0.5) is 13.2 Å². The maximum Gasteiger partial charge on any atom is 0.469 e. The van der Waals surface area contributed by atoms with Gasteiger partial charge in [-0.1, -0.05) is 12.1 Å². The van der Waals surface area contributed by atoms with E-state index in [1.807, 2.05) is 11.5 Å². The molecule has 0 aliphatic heterocycles. The molecule has 4 N–H and O–H groups in total. The number of alkyl halides is 3. The number of benzene rings is 3. The van der Waals surface area contributed by atoms with E-state index in [2.05, 4.69) is 4.52 Å². The lowest BCUT2D eigenvalue weighted by molar-refractivity contribution is -0.137. The van der Waals surface area contributed by atoms with Crippen LogP contribution in [0.25, 0.3) is 20.2 Å².